The monoisotopic (exact) mass is 202 g/mol. The van der Waals surface area contributed by atoms with Gasteiger partial charge in [-0.05, 0) is 19.8 Å². The van der Waals surface area contributed by atoms with Crippen molar-refractivity contribution in [1.29, 1.82) is 0 Å². The minimum atomic E-state index is -0.421. The van der Waals surface area contributed by atoms with Gasteiger partial charge in [-0.25, -0.2) is 0 Å². The van der Waals surface area contributed by atoms with Crippen LogP contribution >= 0.6 is 0 Å². The largest absolute Gasteiger partial charge is 0.395 e. The average molecular weight is 202 g/mol. The molecule has 5 nitrogen and oxygen atoms in total. The summed E-state index contributed by atoms with van der Waals surface area (Å²) in [7, 11) is 0. The third-order valence-corrected chi connectivity index (χ3v) is 2.24. The van der Waals surface area contributed by atoms with Crippen molar-refractivity contribution < 1.29 is 15.0 Å². The van der Waals surface area contributed by atoms with Gasteiger partial charge in [-0.3, -0.25) is 10.1 Å². The Morgan fingerprint density at radius 3 is 2.43 bits per heavy atom. The lowest BCUT2D eigenvalue weighted by atomic mass is 10.2. The fourth-order valence-corrected chi connectivity index (χ4v) is 1.15. The number of carbonyl (C=O) groups is 1. The van der Waals surface area contributed by atoms with Crippen molar-refractivity contribution in [2.75, 3.05) is 13.2 Å². The zero-order valence-electron chi connectivity index (χ0n) is 8.36. The average Bonchev–Trinajstić information content (AvgIpc) is 2.97. The number of hydrogen-bond acceptors (Lipinski definition) is 4. The molecule has 1 unspecified atom stereocenters. The van der Waals surface area contributed by atoms with Gasteiger partial charge >= 0.3 is 0 Å². The number of amides is 1. The van der Waals surface area contributed by atoms with E-state index in [1.54, 1.807) is 6.92 Å². The van der Waals surface area contributed by atoms with Gasteiger partial charge in [0.2, 0.25) is 5.91 Å². The maximum atomic E-state index is 11.4. The van der Waals surface area contributed by atoms with E-state index in [-0.39, 0.29) is 25.2 Å². The summed E-state index contributed by atoms with van der Waals surface area (Å²) in [6.45, 7) is 1.38. The van der Waals surface area contributed by atoms with E-state index in [9.17, 15) is 4.79 Å². The molecular weight excluding hydrogens is 184 g/mol. The highest BCUT2D eigenvalue weighted by molar-refractivity contribution is 5.81. The smallest absolute Gasteiger partial charge is 0.237 e. The Balaban J connectivity index is 2.23. The minimum Gasteiger partial charge on any atom is -0.395 e. The molecule has 0 heterocycles. The molecule has 0 saturated heterocycles. The van der Waals surface area contributed by atoms with Gasteiger partial charge in [0, 0.05) is 6.04 Å². The molecule has 0 aromatic heterocycles. The van der Waals surface area contributed by atoms with Crippen LogP contribution in [-0.2, 0) is 4.79 Å². The van der Waals surface area contributed by atoms with Gasteiger partial charge in [0.15, 0.2) is 0 Å². The first kappa shape index (κ1) is 11.4. The van der Waals surface area contributed by atoms with Crippen LogP contribution < -0.4 is 10.6 Å². The Bertz CT molecular complexity index is 190. The van der Waals surface area contributed by atoms with Crippen molar-refractivity contribution >= 4 is 5.91 Å². The van der Waals surface area contributed by atoms with Gasteiger partial charge in [-0.2, -0.15) is 0 Å². The van der Waals surface area contributed by atoms with Crippen molar-refractivity contribution in [2.45, 2.75) is 37.9 Å². The molecule has 0 radical (unpaired) electrons. The van der Waals surface area contributed by atoms with Crippen molar-refractivity contribution in [3.8, 4) is 0 Å². The Morgan fingerprint density at radius 2 is 2.00 bits per heavy atom. The van der Waals surface area contributed by atoms with Crippen LogP contribution in [0.2, 0.25) is 0 Å². The molecule has 0 spiro atoms. The molecule has 1 rings (SSSR count). The molecule has 0 aromatic rings. The Hall–Kier alpha value is -0.650. The molecule has 1 fully saturated rings. The molecule has 0 aromatic carbocycles. The van der Waals surface area contributed by atoms with Crippen LogP contribution in [0.1, 0.15) is 19.8 Å². The first-order chi connectivity index (χ1) is 6.67. The summed E-state index contributed by atoms with van der Waals surface area (Å²) < 4.78 is 0. The second kappa shape index (κ2) is 5.29. The summed E-state index contributed by atoms with van der Waals surface area (Å²) in [5, 5.41) is 23.3. The summed E-state index contributed by atoms with van der Waals surface area (Å²) in [5.41, 5.74) is 0. The van der Waals surface area contributed by atoms with Crippen LogP contribution in [0, 0.1) is 0 Å². The summed E-state index contributed by atoms with van der Waals surface area (Å²) in [4.78, 5) is 11.4. The number of aliphatic hydroxyl groups excluding tert-OH is 2. The van der Waals surface area contributed by atoms with E-state index in [4.69, 9.17) is 10.2 Å². The number of aliphatic hydroxyl groups is 2. The molecule has 4 N–H and O–H groups in total. The maximum Gasteiger partial charge on any atom is 0.237 e. The van der Waals surface area contributed by atoms with Gasteiger partial charge < -0.3 is 15.5 Å². The molecule has 5 heteroatoms. The number of nitrogens with one attached hydrogen (secondary N) is 2. The first-order valence-corrected chi connectivity index (χ1v) is 4.95. The van der Waals surface area contributed by atoms with Crippen LogP contribution in [0.15, 0.2) is 0 Å². The van der Waals surface area contributed by atoms with Crippen molar-refractivity contribution in [1.82, 2.24) is 10.6 Å². The molecular formula is C9H18N2O3. The molecule has 0 aliphatic heterocycles. The third-order valence-electron chi connectivity index (χ3n) is 2.24. The fraction of sp³-hybridized carbons (Fsp3) is 0.889. The minimum absolute atomic E-state index is 0.0700. The standard InChI is InChI=1S/C9H18N2O3/c1-6(10-8(4-12)5-13)9(14)11-7-2-3-7/h6-8,10,12-13H,2-5H2,1H3,(H,11,14). The van der Waals surface area contributed by atoms with Gasteiger partial charge in [0.05, 0.1) is 25.3 Å². The predicted octanol–water partition coefficient (Wildman–Crippen LogP) is -1.40. The lowest BCUT2D eigenvalue weighted by Gasteiger charge is -2.19. The second-order valence-electron chi connectivity index (χ2n) is 3.73. The van der Waals surface area contributed by atoms with E-state index in [1.807, 2.05) is 0 Å². The molecule has 0 bridgehead atoms. The van der Waals surface area contributed by atoms with Crippen molar-refractivity contribution in [2.24, 2.45) is 0 Å². The molecule has 14 heavy (non-hydrogen) atoms. The second-order valence-corrected chi connectivity index (χ2v) is 3.73. The highest BCUT2D eigenvalue weighted by Gasteiger charge is 2.26. The fourth-order valence-electron chi connectivity index (χ4n) is 1.15. The summed E-state index contributed by atoms with van der Waals surface area (Å²) in [6, 6.07) is -0.455. The normalized spacial score (nSPS) is 18.3. The Morgan fingerprint density at radius 1 is 1.43 bits per heavy atom. The Kier molecular flexibility index (Phi) is 4.31. The lowest BCUT2D eigenvalue weighted by molar-refractivity contribution is -0.123. The van der Waals surface area contributed by atoms with E-state index in [1.165, 1.54) is 0 Å². The van der Waals surface area contributed by atoms with Crippen molar-refractivity contribution in [3.05, 3.63) is 0 Å². The predicted molar refractivity (Wildman–Crippen MR) is 51.7 cm³/mol. The van der Waals surface area contributed by atoms with E-state index in [0.717, 1.165) is 12.8 Å². The molecule has 1 atom stereocenters. The molecule has 1 aliphatic rings. The van der Waals surface area contributed by atoms with Gasteiger partial charge in [0.25, 0.3) is 0 Å². The van der Waals surface area contributed by atoms with Gasteiger partial charge in [-0.15, -0.1) is 0 Å². The zero-order chi connectivity index (χ0) is 10.6. The Labute approximate surface area is 83.5 Å². The van der Waals surface area contributed by atoms with Crippen LogP contribution in [0.25, 0.3) is 0 Å². The maximum absolute atomic E-state index is 11.4. The topological polar surface area (TPSA) is 81.6 Å². The molecule has 82 valence electrons. The molecule has 1 amide bonds. The van der Waals surface area contributed by atoms with Crippen LogP contribution in [-0.4, -0.2) is 47.5 Å². The molecule has 1 saturated carbocycles. The van der Waals surface area contributed by atoms with Gasteiger partial charge in [-0.1, -0.05) is 0 Å². The highest BCUT2D eigenvalue weighted by atomic mass is 16.3. The third kappa shape index (κ3) is 3.61. The van der Waals surface area contributed by atoms with E-state index in [0.29, 0.717) is 6.04 Å². The van der Waals surface area contributed by atoms with Crippen molar-refractivity contribution in [3.63, 3.8) is 0 Å². The van der Waals surface area contributed by atoms with Gasteiger partial charge in [0.1, 0.15) is 0 Å². The van der Waals surface area contributed by atoms with Crippen LogP contribution in [0.5, 0.6) is 0 Å². The van der Waals surface area contributed by atoms with Crippen LogP contribution in [0.3, 0.4) is 0 Å². The summed E-state index contributed by atoms with van der Waals surface area (Å²) >= 11 is 0. The van der Waals surface area contributed by atoms with E-state index in [2.05, 4.69) is 10.6 Å². The SMILES string of the molecule is CC(NC(CO)CO)C(=O)NC1CC1. The first-order valence-electron chi connectivity index (χ1n) is 4.95. The quantitative estimate of drug-likeness (QED) is 0.427. The highest BCUT2D eigenvalue weighted by Crippen LogP contribution is 2.18. The number of rotatable bonds is 6. The lowest BCUT2D eigenvalue weighted by Crippen LogP contribution is -2.49. The van der Waals surface area contributed by atoms with Crippen LogP contribution in [0.4, 0.5) is 0 Å². The van der Waals surface area contributed by atoms with E-state index < -0.39 is 6.04 Å². The zero-order valence-corrected chi connectivity index (χ0v) is 8.36. The number of carbonyl (C=O) groups excluding carboxylic acids is 1. The van der Waals surface area contributed by atoms with E-state index >= 15 is 0 Å². The summed E-state index contributed by atoms with van der Waals surface area (Å²) in [5.74, 6) is -0.0700. The number of hydrogen-bond donors (Lipinski definition) is 4. The summed E-state index contributed by atoms with van der Waals surface area (Å²) in [6.07, 6.45) is 2.11. The molecule has 1 aliphatic carbocycles.